The fraction of sp³-hybridized carbons (Fsp3) is 0.438. The zero-order valence-electron chi connectivity index (χ0n) is 13.8. The lowest BCUT2D eigenvalue weighted by atomic mass is 10.1. The third-order valence-corrected chi connectivity index (χ3v) is 4.17. The van der Waals surface area contributed by atoms with Gasteiger partial charge in [-0.2, -0.15) is 5.10 Å². The maximum absolute atomic E-state index is 11.5. The minimum Gasteiger partial charge on any atom is -0.366 e. The van der Waals surface area contributed by atoms with Crippen molar-refractivity contribution in [1.82, 2.24) is 14.9 Å². The van der Waals surface area contributed by atoms with Crippen LogP contribution in [0.4, 0.5) is 11.4 Å². The summed E-state index contributed by atoms with van der Waals surface area (Å²) in [5.74, 6) is 1.34. The number of nitrogens with zero attached hydrogens (tertiary/aromatic N) is 6. The molecule has 0 saturated carbocycles. The summed E-state index contributed by atoms with van der Waals surface area (Å²) >= 11 is 0. The van der Waals surface area contributed by atoms with Crippen LogP contribution in [0.3, 0.4) is 0 Å². The molecule has 0 N–H and O–H groups in total. The van der Waals surface area contributed by atoms with Gasteiger partial charge in [0.1, 0.15) is 5.69 Å². The van der Waals surface area contributed by atoms with Crippen molar-refractivity contribution in [3.05, 3.63) is 45.5 Å². The van der Waals surface area contributed by atoms with E-state index in [-0.39, 0.29) is 10.6 Å². The first-order valence-electron chi connectivity index (χ1n) is 8.02. The fourth-order valence-corrected chi connectivity index (χ4v) is 2.92. The molecule has 0 atom stereocenters. The van der Waals surface area contributed by atoms with Crippen LogP contribution in [0.1, 0.15) is 36.5 Å². The topological polar surface area (TPSA) is 89.5 Å². The standard InChI is InChI=1S/C16H20N6O2/c1-12-18-19-13(2)21(12)17-11-14-6-7-15(16(10-14)22(23)24)20-8-4-3-5-9-20/h6-7,10-11H,3-5,8-9H2,1-2H3/b17-11+. The van der Waals surface area contributed by atoms with Crippen LogP contribution in [0.25, 0.3) is 0 Å². The summed E-state index contributed by atoms with van der Waals surface area (Å²) in [6, 6.07) is 5.24. The van der Waals surface area contributed by atoms with Crippen molar-refractivity contribution in [3.63, 3.8) is 0 Å². The van der Waals surface area contributed by atoms with E-state index in [4.69, 9.17) is 0 Å². The molecule has 0 radical (unpaired) electrons. The molecule has 1 fully saturated rings. The summed E-state index contributed by atoms with van der Waals surface area (Å²) in [5.41, 5.74) is 1.49. The SMILES string of the molecule is Cc1nnc(C)n1/N=C/c1ccc(N2CCCCC2)c([N+](=O)[O-])c1. The Balaban J connectivity index is 1.90. The van der Waals surface area contributed by atoms with Crippen molar-refractivity contribution in [3.8, 4) is 0 Å². The van der Waals surface area contributed by atoms with Crippen molar-refractivity contribution in [2.45, 2.75) is 33.1 Å². The molecule has 1 aliphatic rings. The van der Waals surface area contributed by atoms with E-state index < -0.39 is 0 Å². The van der Waals surface area contributed by atoms with Crippen molar-refractivity contribution in [1.29, 1.82) is 0 Å². The van der Waals surface area contributed by atoms with Crippen LogP contribution in [0.2, 0.25) is 0 Å². The van der Waals surface area contributed by atoms with Gasteiger partial charge in [-0.05, 0) is 39.2 Å². The van der Waals surface area contributed by atoms with Gasteiger partial charge in [0.15, 0.2) is 11.6 Å². The zero-order chi connectivity index (χ0) is 17.1. The normalized spacial score (nSPS) is 15.2. The second-order valence-electron chi connectivity index (χ2n) is 5.90. The van der Waals surface area contributed by atoms with Crippen molar-refractivity contribution in [2.24, 2.45) is 5.10 Å². The van der Waals surface area contributed by atoms with Crippen molar-refractivity contribution >= 4 is 17.6 Å². The van der Waals surface area contributed by atoms with Gasteiger partial charge in [-0.25, -0.2) is 4.68 Å². The number of benzene rings is 1. The van der Waals surface area contributed by atoms with Crippen molar-refractivity contribution in [2.75, 3.05) is 18.0 Å². The van der Waals surface area contributed by atoms with Gasteiger partial charge in [-0.3, -0.25) is 10.1 Å². The van der Waals surface area contributed by atoms with Gasteiger partial charge in [-0.1, -0.05) is 6.07 Å². The summed E-state index contributed by atoms with van der Waals surface area (Å²) in [4.78, 5) is 13.2. The van der Waals surface area contributed by atoms with Gasteiger partial charge in [0.2, 0.25) is 0 Å². The van der Waals surface area contributed by atoms with E-state index in [1.54, 1.807) is 30.8 Å². The molecule has 8 nitrogen and oxygen atoms in total. The van der Waals surface area contributed by atoms with Crippen LogP contribution in [-0.4, -0.2) is 39.1 Å². The first-order valence-corrected chi connectivity index (χ1v) is 8.02. The van der Waals surface area contributed by atoms with Gasteiger partial charge >= 0.3 is 0 Å². The Kier molecular flexibility index (Phi) is 4.54. The minimum atomic E-state index is -0.323. The summed E-state index contributed by atoms with van der Waals surface area (Å²) in [6.45, 7) is 5.35. The van der Waals surface area contributed by atoms with Gasteiger partial charge < -0.3 is 4.90 Å². The third kappa shape index (κ3) is 3.27. The molecule has 1 aromatic heterocycles. The lowest BCUT2D eigenvalue weighted by Crippen LogP contribution is -2.29. The quantitative estimate of drug-likeness (QED) is 0.489. The molecule has 126 valence electrons. The summed E-state index contributed by atoms with van der Waals surface area (Å²) in [6.07, 6.45) is 4.93. The predicted molar refractivity (Wildman–Crippen MR) is 91.6 cm³/mol. The fourth-order valence-electron chi connectivity index (χ4n) is 2.92. The Labute approximate surface area is 140 Å². The molecular formula is C16H20N6O2. The van der Waals surface area contributed by atoms with E-state index in [2.05, 4.69) is 20.2 Å². The highest BCUT2D eigenvalue weighted by Crippen LogP contribution is 2.30. The van der Waals surface area contributed by atoms with Gasteiger partial charge in [0, 0.05) is 24.7 Å². The Morgan fingerprint density at radius 1 is 1.17 bits per heavy atom. The molecular weight excluding hydrogens is 308 g/mol. The largest absolute Gasteiger partial charge is 0.366 e. The molecule has 0 amide bonds. The highest BCUT2D eigenvalue weighted by molar-refractivity contribution is 5.83. The number of hydrogen-bond acceptors (Lipinski definition) is 6. The monoisotopic (exact) mass is 328 g/mol. The summed E-state index contributed by atoms with van der Waals surface area (Å²) < 4.78 is 1.60. The maximum atomic E-state index is 11.5. The van der Waals surface area contributed by atoms with E-state index in [9.17, 15) is 10.1 Å². The van der Waals surface area contributed by atoms with Crippen LogP contribution in [0, 0.1) is 24.0 Å². The molecule has 1 aromatic carbocycles. The van der Waals surface area contributed by atoms with Gasteiger partial charge in [0.05, 0.1) is 11.1 Å². The van der Waals surface area contributed by atoms with Gasteiger partial charge in [-0.15, -0.1) is 10.2 Å². The van der Waals surface area contributed by atoms with Crippen LogP contribution in [0.5, 0.6) is 0 Å². The van der Waals surface area contributed by atoms with Crippen molar-refractivity contribution < 1.29 is 4.92 Å². The van der Waals surface area contributed by atoms with E-state index in [1.165, 1.54) is 6.42 Å². The first-order chi connectivity index (χ1) is 11.6. The Bertz CT molecular complexity index is 757. The van der Waals surface area contributed by atoms with E-state index in [0.29, 0.717) is 22.9 Å². The van der Waals surface area contributed by atoms with Crippen LogP contribution in [0.15, 0.2) is 23.3 Å². The van der Waals surface area contributed by atoms with E-state index in [1.807, 2.05) is 12.1 Å². The second-order valence-corrected chi connectivity index (χ2v) is 5.90. The molecule has 2 heterocycles. The number of hydrogen-bond donors (Lipinski definition) is 0. The minimum absolute atomic E-state index is 0.123. The smallest absolute Gasteiger partial charge is 0.293 e. The Hall–Kier alpha value is -2.77. The number of rotatable bonds is 4. The van der Waals surface area contributed by atoms with Gasteiger partial charge in [0.25, 0.3) is 5.69 Å². The molecule has 0 unspecified atom stereocenters. The lowest BCUT2D eigenvalue weighted by Gasteiger charge is -2.28. The summed E-state index contributed by atoms with van der Waals surface area (Å²) in [7, 11) is 0. The Morgan fingerprint density at radius 3 is 2.46 bits per heavy atom. The van der Waals surface area contributed by atoms with E-state index in [0.717, 1.165) is 25.9 Å². The zero-order valence-corrected chi connectivity index (χ0v) is 13.8. The molecule has 1 aliphatic heterocycles. The highest BCUT2D eigenvalue weighted by Gasteiger charge is 2.21. The average molecular weight is 328 g/mol. The van der Waals surface area contributed by atoms with E-state index >= 15 is 0 Å². The molecule has 3 rings (SSSR count). The molecule has 0 spiro atoms. The third-order valence-electron chi connectivity index (χ3n) is 4.17. The number of aromatic nitrogens is 3. The van der Waals surface area contributed by atoms with Crippen LogP contribution >= 0.6 is 0 Å². The number of aryl methyl sites for hydroxylation is 2. The Morgan fingerprint density at radius 2 is 1.83 bits per heavy atom. The van der Waals surface area contributed by atoms with Crippen LogP contribution in [-0.2, 0) is 0 Å². The van der Waals surface area contributed by atoms with Crippen LogP contribution < -0.4 is 4.90 Å². The highest BCUT2D eigenvalue weighted by atomic mass is 16.6. The molecule has 24 heavy (non-hydrogen) atoms. The second kappa shape index (κ2) is 6.77. The predicted octanol–water partition coefficient (Wildman–Crippen LogP) is 2.68. The number of nitro groups is 1. The number of nitro benzene ring substituents is 1. The number of anilines is 1. The molecule has 8 heteroatoms. The summed E-state index contributed by atoms with van der Waals surface area (Å²) in [5, 5.41) is 23.6. The molecule has 1 saturated heterocycles. The first kappa shape index (κ1) is 16.1. The maximum Gasteiger partial charge on any atom is 0.293 e. The number of piperidine rings is 1. The average Bonchev–Trinajstić information content (AvgIpc) is 2.92. The molecule has 0 aliphatic carbocycles. The lowest BCUT2D eigenvalue weighted by molar-refractivity contribution is -0.384. The molecule has 0 bridgehead atoms. The molecule has 2 aromatic rings.